The number of aromatic nitrogens is 1. The molecule has 3 N–H and O–H groups in total. The van der Waals surface area contributed by atoms with E-state index in [9.17, 15) is 15.0 Å². The van der Waals surface area contributed by atoms with Crippen molar-refractivity contribution in [3.63, 3.8) is 0 Å². The number of esters is 1. The predicted molar refractivity (Wildman–Crippen MR) is 53.3 cm³/mol. The summed E-state index contributed by atoms with van der Waals surface area (Å²) in [6, 6.07) is 0. The molecule has 1 aromatic heterocycles. The second kappa shape index (κ2) is 4.91. The summed E-state index contributed by atoms with van der Waals surface area (Å²) >= 11 is 0. The average molecular weight is 227 g/mol. The van der Waals surface area contributed by atoms with E-state index in [4.69, 9.17) is 5.11 Å². The van der Waals surface area contributed by atoms with Gasteiger partial charge >= 0.3 is 5.97 Å². The largest absolute Gasteiger partial charge is 0.506 e. The molecule has 1 unspecified atom stereocenters. The lowest BCUT2D eigenvalue weighted by atomic mass is 10.1. The number of carbonyl (C=O) groups excluding carboxylic acids is 1. The molecule has 1 aromatic rings. The van der Waals surface area contributed by atoms with Gasteiger partial charge in [0.15, 0.2) is 0 Å². The van der Waals surface area contributed by atoms with Crippen LogP contribution >= 0.6 is 0 Å². The van der Waals surface area contributed by atoms with Crippen molar-refractivity contribution in [3.8, 4) is 5.75 Å². The average Bonchev–Trinajstić information content (AvgIpc) is 2.20. The van der Waals surface area contributed by atoms with Crippen LogP contribution in [0.3, 0.4) is 0 Å². The molecule has 0 bridgehead atoms. The maximum atomic E-state index is 10.7. The number of aryl methyl sites for hydroxylation is 1. The Balaban J connectivity index is 3.18. The van der Waals surface area contributed by atoms with Gasteiger partial charge in [-0.2, -0.15) is 0 Å². The second-order valence-corrected chi connectivity index (χ2v) is 3.25. The summed E-state index contributed by atoms with van der Waals surface area (Å²) in [5, 5.41) is 28.2. The second-order valence-electron chi connectivity index (χ2n) is 3.25. The molecule has 6 heteroatoms. The van der Waals surface area contributed by atoms with Crippen molar-refractivity contribution in [2.45, 2.75) is 26.7 Å². The fourth-order valence-corrected chi connectivity index (χ4v) is 1.27. The highest BCUT2D eigenvalue weighted by atomic mass is 16.6. The summed E-state index contributed by atoms with van der Waals surface area (Å²) in [6.07, 6.45) is -0.307. The van der Waals surface area contributed by atoms with Crippen LogP contribution in [-0.4, -0.2) is 26.3 Å². The van der Waals surface area contributed by atoms with Gasteiger partial charge in [0.2, 0.25) is 6.29 Å². The van der Waals surface area contributed by atoms with Crippen LogP contribution in [0.25, 0.3) is 0 Å². The molecule has 1 atom stereocenters. The highest BCUT2D eigenvalue weighted by molar-refractivity contribution is 5.66. The number of aromatic hydroxyl groups is 1. The van der Waals surface area contributed by atoms with Gasteiger partial charge in [0.05, 0.1) is 17.9 Å². The molecule has 0 fully saturated rings. The molecule has 0 radical (unpaired) electrons. The van der Waals surface area contributed by atoms with E-state index in [2.05, 4.69) is 9.72 Å². The summed E-state index contributed by atoms with van der Waals surface area (Å²) in [4.78, 5) is 14.5. The first-order valence-electron chi connectivity index (χ1n) is 4.60. The van der Waals surface area contributed by atoms with E-state index >= 15 is 0 Å². The Morgan fingerprint density at radius 3 is 2.75 bits per heavy atom. The Morgan fingerprint density at radius 2 is 2.25 bits per heavy atom. The lowest BCUT2D eigenvalue weighted by Crippen LogP contribution is -2.11. The van der Waals surface area contributed by atoms with Crippen LogP contribution in [0.5, 0.6) is 5.75 Å². The van der Waals surface area contributed by atoms with Gasteiger partial charge in [-0.1, -0.05) is 0 Å². The van der Waals surface area contributed by atoms with Gasteiger partial charge in [-0.15, -0.1) is 0 Å². The van der Waals surface area contributed by atoms with Crippen LogP contribution in [-0.2, 0) is 16.1 Å². The summed E-state index contributed by atoms with van der Waals surface area (Å²) < 4.78 is 4.53. The number of hydrogen-bond donors (Lipinski definition) is 3. The Morgan fingerprint density at radius 1 is 1.62 bits per heavy atom. The van der Waals surface area contributed by atoms with Crippen LogP contribution < -0.4 is 0 Å². The predicted octanol–water partition coefficient (Wildman–Crippen LogP) is 0.142. The molecule has 0 aliphatic carbocycles. The Kier molecular flexibility index (Phi) is 3.81. The van der Waals surface area contributed by atoms with E-state index in [1.807, 2.05) is 0 Å². The van der Waals surface area contributed by atoms with E-state index < -0.39 is 18.9 Å². The number of hydrogen-bond acceptors (Lipinski definition) is 6. The minimum absolute atomic E-state index is 0.0369. The summed E-state index contributed by atoms with van der Waals surface area (Å²) in [6.45, 7) is 2.24. The quantitative estimate of drug-likeness (QED) is 0.501. The normalized spacial score (nSPS) is 12.2. The van der Waals surface area contributed by atoms with Gasteiger partial charge in [-0.3, -0.25) is 9.78 Å². The Bertz CT molecular complexity index is 404. The highest BCUT2D eigenvalue weighted by Gasteiger charge is 2.21. The number of rotatable bonds is 3. The third kappa shape index (κ3) is 2.47. The molecule has 0 spiro atoms. The van der Waals surface area contributed by atoms with Crippen LogP contribution in [0, 0.1) is 6.92 Å². The van der Waals surface area contributed by atoms with E-state index in [0.29, 0.717) is 0 Å². The molecule has 0 saturated heterocycles. The van der Waals surface area contributed by atoms with E-state index in [1.54, 1.807) is 0 Å². The Labute approximate surface area is 92.1 Å². The number of carbonyl (C=O) groups is 1. The molecule has 1 rings (SSSR count). The lowest BCUT2D eigenvalue weighted by Gasteiger charge is -2.16. The molecule has 16 heavy (non-hydrogen) atoms. The molecule has 88 valence electrons. The summed E-state index contributed by atoms with van der Waals surface area (Å²) in [5.74, 6) is -0.981. The fraction of sp³-hybridized carbons (Fsp3) is 0.400. The topological polar surface area (TPSA) is 99.9 Å². The number of nitrogens with zero attached hydrogens (tertiary/aromatic N) is 1. The molecule has 0 aliphatic heterocycles. The van der Waals surface area contributed by atoms with Crippen molar-refractivity contribution in [1.29, 1.82) is 0 Å². The summed E-state index contributed by atoms with van der Waals surface area (Å²) in [5.41, 5.74) is 0.445. The maximum absolute atomic E-state index is 10.7. The monoisotopic (exact) mass is 227 g/mol. The molecular weight excluding hydrogens is 214 g/mol. The zero-order valence-electron chi connectivity index (χ0n) is 8.97. The highest BCUT2D eigenvalue weighted by Crippen LogP contribution is 2.30. The van der Waals surface area contributed by atoms with Crippen molar-refractivity contribution in [3.05, 3.63) is 23.0 Å². The smallest absolute Gasteiger partial charge is 0.305 e. The number of pyridine rings is 1. The fourth-order valence-electron chi connectivity index (χ4n) is 1.27. The van der Waals surface area contributed by atoms with E-state index in [-0.39, 0.29) is 22.6 Å². The first-order chi connectivity index (χ1) is 7.47. The standard InChI is InChI=1S/C10H13NO5/c1-5-9(14)8(7(4-12)3-11-5)10(15)16-6(2)13/h3,10,12,14-15H,4H2,1-2H3. The Hall–Kier alpha value is -1.66. The first kappa shape index (κ1) is 12.4. The third-order valence-electron chi connectivity index (χ3n) is 2.05. The van der Waals surface area contributed by atoms with Crippen LogP contribution in [0.4, 0.5) is 0 Å². The van der Waals surface area contributed by atoms with E-state index in [1.165, 1.54) is 13.1 Å². The van der Waals surface area contributed by atoms with Gasteiger partial charge in [-0.25, -0.2) is 0 Å². The van der Waals surface area contributed by atoms with Crippen molar-refractivity contribution in [2.24, 2.45) is 0 Å². The molecule has 0 aromatic carbocycles. The van der Waals surface area contributed by atoms with Crippen molar-refractivity contribution in [2.75, 3.05) is 0 Å². The van der Waals surface area contributed by atoms with Gasteiger partial charge < -0.3 is 20.1 Å². The minimum atomic E-state index is -1.61. The number of aliphatic hydroxyl groups excluding tert-OH is 2. The summed E-state index contributed by atoms with van der Waals surface area (Å²) in [7, 11) is 0. The molecule has 0 aliphatic rings. The van der Waals surface area contributed by atoms with Gasteiger partial charge in [-0.05, 0) is 6.92 Å². The molecular formula is C10H13NO5. The molecule has 6 nitrogen and oxygen atoms in total. The van der Waals surface area contributed by atoms with Crippen LogP contribution in [0.2, 0.25) is 0 Å². The van der Waals surface area contributed by atoms with E-state index in [0.717, 1.165) is 6.92 Å². The molecule has 0 amide bonds. The van der Waals surface area contributed by atoms with Gasteiger partial charge in [0.1, 0.15) is 5.75 Å². The van der Waals surface area contributed by atoms with Gasteiger partial charge in [0.25, 0.3) is 0 Å². The van der Waals surface area contributed by atoms with Crippen molar-refractivity contribution in [1.82, 2.24) is 4.98 Å². The maximum Gasteiger partial charge on any atom is 0.305 e. The molecule has 1 heterocycles. The third-order valence-corrected chi connectivity index (χ3v) is 2.05. The van der Waals surface area contributed by atoms with Crippen LogP contribution in [0.15, 0.2) is 6.20 Å². The molecule has 0 saturated carbocycles. The van der Waals surface area contributed by atoms with Crippen molar-refractivity contribution >= 4 is 5.97 Å². The number of aliphatic hydroxyl groups is 2. The van der Waals surface area contributed by atoms with Gasteiger partial charge in [0, 0.05) is 18.7 Å². The zero-order valence-corrected chi connectivity index (χ0v) is 8.97. The first-order valence-corrected chi connectivity index (χ1v) is 4.60. The zero-order chi connectivity index (χ0) is 12.3. The van der Waals surface area contributed by atoms with Crippen LogP contribution in [0.1, 0.15) is 30.0 Å². The minimum Gasteiger partial charge on any atom is -0.506 e. The number of ether oxygens (including phenoxy) is 1. The SMILES string of the molecule is CC(=O)OC(O)c1c(CO)cnc(C)c1O. The van der Waals surface area contributed by atoms with Crippen molar-refractivity contribution < 1.29 is 24.9 Å². The lowest BCUT2D eigenvalue weighted by molar-refractivity contribution is -0.166.